The van der Waals surface area contributed by atoms with Crippen molar-refractivity contribution in [3.63, 3.8) is 0 Å². The molecule has 0 amide bonds. The topological polar surface area (TPSA) is 60.0 Å². The number of nitrogens with two attached hydrogens (primary N) is 1. The van der Waals surface area contributed by atoms with E-state index in [1.807, 2.05) is 24.7 Å². The van der Waals surface area contributed by atoms with Crippen molar-refractivity contribution in [3.05, 3.63) is 30.0 Å². The van der Waals surface area contributed by atoms with Crippen LogP contribution >= 0.6 is 0 Å². The molecule has 0 saturated carbocycles. The molecule has 0 atom stereocenters. The zero-order chi connectivity index (χ0) is 14.2. The van der Waals surface area contributed by atoms with Gasteiger partial charge in [0.25, 0.3) is 0 Å². The van der Waals surface area contributed by atoms with E-state index in [9.17, 15) is 0 Å². The lowest BCUT2D eigenvalue weighted by atomic mass is 10.00. The summed E-state index contributed by atoms with van der Waals surface area (Å²) in [6.45, 7) is 10.6. The zero-order valence-corrected chi connectivity index (χ0v) is 12.0. The predicted molar refractivity (Wildman–Crippen MR) is 79.1 cm³/mol. The van der Waals surface area contributed by atoms with Gasteiger partial charge in [0.05, 0.1) is 12.2 Å². The molecule has 5 heteroatoms. The van der Waals surface area contributed by atoms with Crippen molar-refractivity contribution in [2.24, 2.45) is 12.9 Å². The van der Waals surface area contributed by atoms with Crippen LogP contribution in [0.3, 0.4) is 0 Å². The average molecular weight is 259 g/mol. The van der Waals surface area contributed by atoms with E-state index in [1.165, 1.54) is 5.56 Å². The minimum Gasteiger partial charge on any atom is -0.291 e. The predicted octanol–water partition coefficient (Wildman–Crippen LogP) is 2.27. The van der Waals surface area contributed by atoms with Gasteiger partial charge >= 0.3 is 0 Å². The molecule has 0 aromatic carbocycles. The van der Waals surface area contributed by atoms with E-state index in [0.29, 0.717) is 12.5 Å². The van der Waals surface area contributed by atoms with Crippen molar-refractivity contribution in [2.45, 2.75) is 26.7 Å². The van der Waals surface area contributed by atoms with Gasteiger partial charge in [-0.3, -0.25) is 9.69 Å². The van der Waals surface area contributed by atoms with Gasteiger partial charge in [0, 0.05) is 12.4 Å². The lowest BCUT2D eigenvalue weighted by molar-refractivity contribution is 0.771. The number of hydrogen-bond acceptors (Lipinski definition) is 4. The lowest BCUT2D eigenvalue weighted by Crippen LogP contribution is -2.31. The Kier molecular flexibility index (Phi) is 3.57. The SMILES string of the molecule is C=CCN(N)c1cc(C(C)C)c2c(C)nn(C)c2n1. The summed E-state index contributed by atoms with van der Waals surface area (Å²) >= 11 is 0. The van der Waals surface area contributed by atoms with E-state index in [1.54, 1.807) is 11.1 Å². The zero-order valence-electron chi connectivity index (χ0n) is 12.0. The van der Waals surface area contributed by atoms with Gasteiger partial charge in [-0.15, -0.1) is 6.58 Å². The van der Waals surface area contributed by atoms with E-state index in [0.717, 1.165) is 22.5 Å². The molecule has 2 aromatic heterocycles. The molecule has 5 nitrogen and oxygen atoms in total. The number of hydrogen-bond donors (Lipinski definition) is 1. The number of hydrazine groups is 1. The fraction of sp³-hybridized carbons (Fsp3) is 0.429. The van der Waals surface area contributed by atoms with Gasteiger partial charge < -0.3 is 0 Å². The van der Waals surface area contributed by atoms with Gasteiger partial charge in [0.1, 0.15) is 5.82 Å². The molecule has 0 aliphatic carbocycles. The molecular weight excluding hydrogens is 238 g/mol. The van der Waals surface area contributed by atoms with Crippen LogP contribution in [0, 0.1) is 6.92 Å². The normalized spacial score (nSPS) is 11.3. The number of nitrogens with zero attached hydrogens (tertiary/aromatic N) is 4. The van der Waals surface area contributed by atoms with Crippen molar-refractivity contribution in [1.29, 1.82) is 0 Å². The second-order valence-corrected chi connectivity index (χ2v) is 5.07. The maximum absolute atomic E-state index is 5.99. The highest BCUT2D eigenvalue weighted by Crippen LogP contribution is 2.29. The van der Waals surface area contributed by atoms with E-state index >= 15 is 0 Å². The number of aromatic nitrogens is 3. The van der Waals surface area contributed by atoms with Crippen molar-refractivity contribution in [1.82, 2.24) is 14.8 Å². The maximum Gasteiger partial charge on any atom is 0.160 e. The Hall–Kier alpha value is -1.88. The summed E-state index contributed by atoms with van der Waals surface area (Å²) in [6.07, 6.45) is 1.76. The third-order valence-corrected chi connectivity index (χ3v) is 3.23. The Labute approximate surface area is 113 Å². The second kappa shape index (κ2) is 5.01. The quantitative estimate of drug-likeness (QED) is 0.520. The summed E-state index contributed by atoms with van der Waals surface area (Å²) in [5, 5.41) is 7.18. The van der Waals surface area contributed by atoms with Crippen molar-refractivity contribution >= 4 is 16.9 Å². The maximum atomic E-state index is 5.99. The molecule has 0 bridgehead atoms. The summed E-state index contributed by atoms with van der Waals surface area (Å²) in [7, 11) is 1.91. The van der Waals surface area contributed by atoms with Crippen LogP contribution in [-0.2, 0) is 7.05 Å². The van der Waals surface area contributed by atoms with Crippen LogP contribution in [0.1, 0.15) is 31.0 Å². The minimum absolute atomic E-state index is 0.393. The van der Waals surface area contributed by atoms with Gasteiger partial charge in [0.15, 0.2) is 5.65 Å². The summed E-state index contributed by atoms with van der Waals surface area (Å²) in [6, 6.07) is 2.05. The first-order valence-corrected chi connectivity index (χ1v) is 6.43. The summed E-state index contributed by atoms with van der Waals surface area (Å²) in [5.74, 6) is 7.13. The number of anilines is 1. The standard InChI is InChI=1S/C14H21N5/c1-6-7-19(15)12-8-11(9(2)3)13-10(4)17-18(5)14(13)16-12/h6,8-9H,1,7,15H2,2-5H3. The largest absolute Gasteiger partial charge is 0.291 e. The third kappa shape index (κ3) is 2.33. The molecule has 19 heavy (non-hydrogen) atoms. The lowest BCUT2D eigenvalue weighted by Gasteiger charge is -2.18. The first kappa shape index (κ1) is 13.5. The number of rotatable bonds is 4. The molecule has 0 aliphatic rings. The smallest absolute Gasteiger partial charge is 0.160 e. The molecule has 0 unspecified atom stereocenters. The molecule has 0 aliphatic heterocycles. The highest BCUT2D eigenvalue weighted by atomic mass is 15.4. The molecule has 2 rings (SSSR count). The van der Waals surface area contributed by atoms with Crippen molar-refractivity contribution < 1.29 is 0 Å². The summed E-state index contributed by atoms with van der Waals surface area (Å²) in [5.41, 5.74) is 3.11. The second-order valence-electron chi connectivity index (χ2n) is 5.07. The Morgan fingerprint density at radius 2 is 2.21 bits per heavy atom. The number of pyridine rings is 1. The monoisotopic (exact) mass is 259 g/mol. The molecule has 2 aromatic rings. The summed E-state index contributed by atoms with van der Waals surface area (Å²) < 4.78 is 1.81. The third-order valence-electron chi connectivity index (χ3n) is 3.23. The number of aryl methyl sites for hydroxylation is 2. The van der Waals surface area contributed by atoms with Gasteiger partial charge in [0.2, 0.25) is 0 Å². The fourth-order valence-electron chi connectivity index (χ4n) is 2.30. The van der Waals surface area contributed by atoms with E-state index in [4.69, 9.17) is 5.84 Å². The Morgan fingerprint density at radius 3 is 2.79 bits per heavy atom. The van der Waals surface area contributed by atoms with Crippen LogP contribution < -0.4 is 10.9 Å². The first-order chi connectivity index (χ1) is 8.95. The van der Waals surface area contributed by atoms with Gasteiger partial charge in [-0.05, 0) is 24.5 Å². The molecule has 0 saturated heterocycles. The minimum atomic E-state index is 0.393. The van der Waals surface area contributed by atoms with Crippen LogP contribution in [0.2, 0.25) is 0 Å². The molecule has 2 heterocycles. The molecule has 0 spiro atoms. The highest BCUT2D eigenvalue weighted by molar-refractivity contribution is 5.84. The average Bonchev–Trinajstić information content (AvgIpc) is 2.64. The molecular formula is C14H21N5. The Balaban J connectivity index is 2.70. The highest BCUT2D eigenvalue weighted by Gasteiger charge is 2.16. The van der Waals surface area contributed by atoms with Gasteiger partial charge in [-0.2, -0.15) is 5.10 Å². The van der Waals surface area contributed by atoms with Gasteiger partial charge in [-0.1, -0.05) is 19.9 Å². The Bertz CT molecular complexity index is 612. The Morgan fingerprint density at radius 1 is 1.53 bits per heavy atom. The van der Waals surface area contributed by atoms with Crippen molar-refractivity contribution in [2.75, 3.05) is 11.6 Å². The van der Waals surface area contributed by atoms with Gasteiger partial charge in [-0.25, -0.2) is 10.8 Å². The van der Waals surface area contributed by atoms with Crippen LogP contribution in [0.4, 0.5) is 5.82 Å². The van der Waals surface area contributed by atoms with Crippen LogP contribution in [0.25, 0.3) is 11.0 Å². The van der Waals surface area contributed by atoms with E-state index < -0.39 is 0 Å². The molecule has 0 fully saturated rings. The molecule has 0 radical (unpaired) electrons. The molecule has 102 valence electrons. The fourth-order valence-corrected chi connectivity index (χ4v) is 2.30. The van der Waals surface area contributed by atoms with Crippen LogP contribution in [0.5, 0.6) is 0 Å². The van der Waals surface area contributed by atoms with E-state index in [-0.39, 0.29) is 0 Å². The van der Waals surface area contributed by atoms with Crippen LogP contribution in [0.15, 0.2) is 18.7 Å². The summed E-state index contributed by atoms with van der Waals surface area (Å²) in [4.78, 5) is 4.61. The van der Waals surface area contributed by atoms with Crippen molar-refractivity contribution in [3.8, 4) is 0 Å². The van der Waals surface area contributed by atoms with Crippen LogP contribution in [-0.4, -0.2) is 21.3 Å². The number of fused-ring (bicyclic) bond motifs is 1. The molecule has 2 N–H and O–H groups in total. The first-order valence-electron chi connectivity index (χ1n) is 6.43. The van der Waals surface area contributed by atoms with E-state index in [2.05, 4.69) is 30.5 Å².